The predicted molar refractivity (Wildman–Crippen MR) is 147 cm³/mol. The fraction of sp³-hybridized carbons (Fsp3) is 0.533. The Kier molecular flexibility index (Phi) is 12.2. The minimum atomic E-state index is 0.758. The van der Waals surface area contributed by atoms with E-state index in [9.17, 15) is 0 Å². The molecule has 0 amide bonds. The first-order valence-electron chi connectivity index (χ1n) is 13.4. The average Bonchev–Trinajstić information content (AvgIpc) is 3.35. The highest BCUT2D eigenvalue weighted by atomic mass is 32.1. The lowest BCUT2D eigenvalue weighted by molar-refractivity contribution is 0.305. The van der Waals surface area contributed by atoms with Gasteiger partial charge in [0.1, 0.15) is 5.75 Å². The van der Waals surface area contributed by atoms with E-state index in [1.807, 2.05) is 48.0 Å². The zero-order chi connectivity index (χ0) is 23.8. The summed E-state index contributed by atoms with van der Waals surface area (Å²) in [7, 11) is 0. The molecule has 0 unspecified atom stereocenters. The third-order valence-corrected chi connectivity index (χ3v) is 7.45. The quantitative estimate of drug-likeness (QED) is 0.181. The van der Waals surface area contributed by atoms with Crippen LogP contribution in [0, 0.1) is 0 Å². The van der Waals surface area contributed by atoms with E-state index in [-0.39, 0.29) is 0 Å². The van der Waals surface area contributed by atoms with E-state index < -0.39 is 0 Å². The average molecular weight is 479 g/mol. The van der Waals surface area contributed by atoms with Crippen LogP contribution in [-0.4, -0.2) is 16.6 Å². The Balaban J connectivity index is 1.42. The summed E-state index contributed by atoms with van der Waals surface area (Å²) in [5, 5.41) is 0. The van der Waals surface area contributed by atoms with E-state index in [1.165, 1.54) is 86.8 Å². The van der Waals surface area contributed by atoms with Gasteiger partial charge in [0, 0.05) is 33.3 Å². The second-order valence-corrected chi connectivity index (χ2v) is 10.4. The van der Waals surface area contributed by atoms with Crippen molar-refractivity contribution in [2.45, 2.75) is 97.3 Å². The lowest BCUT2D eigenvalue weighted by Crippen LogP contribution is -1.97. The van der Waals surface area contributed by atoms with Crippen LogP contribution in [0.1, 0.15) is 95.8 Å². The molecule has 0 saturated carbocycles. The number of benzene rings is 1. The standard InChI is InChI=1S/C30H42N2OS/c1-3-5-7-9-10-11-12-13-15-28-20-21-29(34-28)26-23-31-30(32-24-26)25-16-18-27(19-17-25)33-22-14-8-6-4-2/h16-21,23-24H,3-15,22H2,1-2H3. The molecule has 0 aliphatic carbocycles. The summed E-state index contributed by atoms with van der Waals surface area (Å²) >= 11 is 1.88. The van der Waals surface area contributed by atoms with E-state index >= 15 is 0 Å². The van der Waals surface area contributed by atoms with Gasteiger partial charge in [0.25, 0.3) is 0 Å². The molecule has 0 N–H and O–H groups in total. The number of aryl methyl sites for hydroxylation is 1. The number of thiophene rings is 1. The molecule has 0 atom stereocenters. The molecule has 3 aromatic rings. The van der Waals surface area contributed by atoms with Gasteiger partial charge in [-0.3, -0.25) is 0 Å². The highest BCUT2D eigenvalue weighted by Gasteiger charge is 2.07. The first-order valence-corrected chi connectivity index (χ1v) is 14.3. The van der Waals surface area contributed by atoms with Gasteiger partial charge in [-0.2, -0.15) is 0 Å². The van der Waals surface area contributed by atoms with Gasteiger partial charge in [0.05, 0.1) is 6.61 Å². The Morgan fingerprint density at radius 2 is 1.26 bits per heavy atom. The zero-order valence-electron chi connectivity index (χ0n) is 21.2. The maximum atomic E-state index is 5.84. The second kappa shape index (κ2) is 15.7. The molecule has 3 rings (SSSR count). The predicted octanol–water partition coefficient (Wildman–Crippen LogP) is 9.51. The maximum Gasteiger partial charge on any atom is 0.159 e. The molecule has 2 aromatic heterocycles. The fourth-order valence-electron chi connectivity index (χ4n) is 4.12. The third kappa shape index (κ3) is 9.21. The van der Waals surface area contributed by atoms with Crippen molar-refractivity contribution < 1.29 is 4.74 Å². The highest BCUT2D eigenvalue weighted by molar-refractivity contribution is 7.15. The largest absolute Gasteiger partial charge is 0.494 e. The molecule has 4 heteroatoms. The van der Waals surface area contributed by atoms with Gasteiger partial charge in [-0.25, -0.2) is 9.97 Å². The number of nitrogens with zero attached hydrogens (tertiary/aromatic N) is 2. The molecule has 3 nitrogen and oxygen atoms in total. The van der Waals surface area contributed by atoms with Crippen molar-refractivity contribution in [1.29, 1.82) is 0 Å². The lowest BCUT2D eigenvalue weighted by atomic mass is 10.1. The molecular formula is C30H42N2OS. The van der Waals surface area contributed by atoms with Crippen LogP contribution < -0.4 is 4.74 Å². The molecule has 0 aliphatic rings. The first-order chi connectivity index (χ1) is 16.8. The fourth-order valence-corrected chi connectivity index (χ4v) is 5.15. The van der Waals surface area contributed by atoms with Crippen molar-refractivity contribution >= 4 is 11.3 Å². The second-order valence-electron chi connectivity index (χ2n) is 9.22. The van der Waals surface area contributed by atoms with Crippen LogP contribution in [0.25, 0.3) is 21.8 Å². The molecule has 0 aliphatic heterocycles. The third-order valence-electron chi connectivity index (χ3n) is 6.25. The van der Waals surface area contributed by atoms with Crippen molar-refractivity contribution in [1.82, 2.24) is 9.97 Å². The summed E-state index contributed by atoms with van der Waals surface area (Å²) in [6.07, 6.45) is 20.9. The molecule has 0 bridgehead atoms. The van der Waals surface area contributed by atoms with Crippen LogP contribution in [0.15, 0.2) is 48.8 Å². The molecule has 0 saturated heterocycles. The Morgan fingerprint density at radius 3 is 1.94 bits per heavy atom. The highest BCUT2D eigenvalue weighted by Crippen LogP contribution is 2.29. The van der Waals surface area contributed by atoms with Crippen molar-refractivity contribution in [3.8, 4) is 27.6 Å². The number of hydrogen-bond acceptors (Lipinski definition) is 4. The normalized spacial score (nSPS) is 11.1. The van der Waals surface area contributed by atoms with Crippen LogP contribution in [0.3, 0.4) is 0 Å². The summed E-state index contributed by atoms with van der Waals surface area (Å²) in [5.74, 6) is 1.67. The van der Waals surface area contributed by atoms with E-state index in [1.54, 1.807) is 0 Å². The van der Waals surface area contributed by atoms with Crippen molar-refractivity contribution in [2.75, 3.05) is 6.61 Å². The van der Waals surface area contributed by atoms with Gasteiger partial charge in [-0.15, -0.1) is 11.3 Å². The Bertz CT molecular complexity index is 918. The summed E-state index contributed by atoms with van der Waals surface area (Å²) in [5.41, 5.74) is 2.12. The van der Waals surface area contributed by atoms with Crippen LogP contribution in [0.4, 0.5) is 0 Å². The van der Waals surface area contributed by atoms with Crippen molar-refractivity contribution in [2.24, 2.45) is 0 Å². The Labute approximate surface area is 211 Å². The first kappa shape index (κ1) is 26.4. The summed E-state index contributed by atoms with van der Waals surface area (Å²) < 4.78 is 5.84. The maximum absolute atomic E-state index is 5.84. The monoisotopic (exact) mass is 478 g/mol. The zero-order valence-corrected chi connectivity index (χ0v) is 22.0. The van der Waals surface area contributed by atoms with Crippen LogP contribution in [0.5, 0.6) is 5.75 Å². The van der Waals surface area contributed by atoms with E-state index in [4.69, 9.17) is 4.74 Å². The summed E-state index contributed by atoms with van der Waals surface area (Å²) in [4.78, 5) is 12.0. The number of unbranched alkanes of at least 4 members (excludes halogenated alkanes) is 10. The van der Waals surface area contributed by atoms with Crippen LogP contribution >= 0.6 is 11.3 Å². The number of rotatable bonds is 17. The molecule has 2 heterocycles. The van der Waals surface area contributed by atoms with E-state index in [2.05, 4.69) is 35.9 Å². The number of hydrogen-bond donors (Lipinski definition) is 0. The molecule has 0 radical (unpaired) electrons. The summed E-state index contributed by atoms with van der Waals surface area (Å²) in [6.45, 7) is 5.29. The molecule has 0 fully saturated rings. The molecule has 0 spiro atoms. The van der Waals surface area contributed by atoms with Gasteiger partial charge < -0.3 is 4.74 Å². The van der Waals surface area contributed by atoms with E-state index in [0.717, 1.165) is 35.7 Å². The van der Waals surface area contributed by atoms with Gasteiger partial charge in [0.15, 0.2) is 5.82 Å². The summed E-state index contributed by atoms with van der Waals surface area (Å²) in [6, 6.07) is 12.6. The SMILES string of the molecule is CCCCCCCCCCc1ccc(-c2cnc(-c3ccc(OCCCCCC)cc3)nc2)s1. The van der Waals surface area contributed by atoms with Crippen molar-refractivity contribution in [3.05, 3.63) is 53.7 Å². The van der Waals surface area contributed by atoms with Crippen LogP contribution in [0.2, 0.25) is 0 Å². The van der Waals surface area contributed by atoms with Gasteiger partial charge >= 0.3 is 0 Å². The molecule has 1 aromatic carbocycles. The molecule has 34 heavy (non-hydrogen) atoms. The Morgan fingerprint density at radius 1 is 0.647 bits per heavy atom. The lowest BCUT2D eigenvalue weighted by Gasteiger charge is -2.07. The number of aromatic nitrogens is 2. The van der Waals surface area contributed by atoms with Gasteiger partial charge in [-0.1, -0.05) is 78.1 Å². The topological polar surface area (TPSA) is 35.0 Å². The number of ether oxygens (including phenoxy) is 1. The van der Waals surface area contributed by atoms with Gasteiger partial charge in [-0.05, 0) is 55.7 Å². The van der Waals surface area contributed by atoms with Crippen LogP contribution in [-0.2, 0) is 6.42 Å². The molecular weight excluding hydrogens is 436 g/mol. The smallest absolute Gasteiger partial charge is 0.159 e. The Hall–Kier alpha value is -2.20. The van der Waals surface area contributed by atoms with Crippen molar-refractivity contribution in [3.63, 3.8) is 0 Å². The van der Waals surface area contributed by atoms with E-state index in [0.29, 0.717) is 0 Å². The minimum absolute atomic E-state index is 0.758. The molecule has 184 valence electrons. The minimum Gasteiger partial charge on any atom is -0.494 e. The van der Waals surface area contributed by atoms with Gasteiger partial charge in [0.2, 0.25) is 0 Å².